The SMILES string of the molecule is CC(F)(F)C(F)(F)CC(F)(F)C(C)(F)OCC(F)(F)CC(F)(F)CS(=O)[O-]. The summed E-state index contributed by atoms with van der Waals surface area (Å²) < 4.78 is 168. The molecular formula is C12H14F11O3S-. The second-order valence-electron chi connectivity index (χ2n) is 6.02. The molecule has 0 saturated carbocycles. The molecule has 0 aliphatic heterocycles. The summed E-state index contributed by atoms with van der Waals surface area (Å²) >= 11 is -3.45. The van der Waals surface area contributed by atoms with Crippen molar-refractivity contribution in [3.63, 3.8) is 0 Å². The lowest BCUT2D eigenvalue weighted by molar-refractivity contribution is -0.318. The van der Waals surface area contributed by atoms with Crippen molar-refractivity contribution in [1.82, 2.24) is 0 Å². The van der Waals surface area contributed by atoms with E-state index in [1.807, 2.05) is 0 Å². The summed E-state index contributed by atoms with van der Waals surface area (Å²) in [6, 6.07) is 0. The van der Waals surface area contributed by atoms with E-state index < -0.39 is 78.7 Å². The van der Waals surface area contributed by atoms with Crippen molar-refractivity contribution in [1.29, 1.82) is 0 Å². The van der Waals surface area contributed by atoms with Crippen molar-refractivity contribution < 1.29 is 61.8 Å². The van der Waals surface area contributed by atoms with Crippen LogP contribution in [0.4, 0.5) is 48.3 Å². The van der Waals surface area contributed by atoms with Gasteiger partial charge in [-0.2, -0.15) is 8.78 Å². The van der Waals surface area contributed by atoms with Crippen molar-refractivity contribution in [2.75, 3.05) is 12.4 Å². The monoisotopic (exact) mass is 447 g/mol. The molecule has 0 spiro atoms. The van der Waals surface area contributed by atoms with Crippen LogP contribution in [0.3, 0.4) is 0 Å². The Bertz CT molecular complexity index is 531. The van der Waals surface area contributed by atoms with Gasteiger partial charge in [0.1, 0.15) is 6.61 Å². The Morgan fingerprint density at radius 3 is 1.59 bits per heavy atom. The van der Waals surface area contributed by atoms with Crippen molar-refractivity contribution in [2.24, 2.45) is 0 Å². The van der Waals surface area contributed by atoms with Gasteiger partial charge in [0.15, 0.2) is 0 Å². The summed E-state index contributed by atoms with van der Waals surface area (Å²) in [5, 5.41) is 0. The first-order valence-electron chi connectivity index (χ1n) is 6.81. The number of rotatable bonds is 11. The Kier molecular flexibility index (Phi) is 7.76. The fourth-order valence-corrected chi connectivity index (χ4v) is 2.04. The van der Waals surface area contributed by atoms with Crippen LogP contribution in [0, 0.1) is 0 Å². The van der Waals surface area contributed by atoms with E-state index in [1.165, 1.54) is 0 Å². The third kappa shape index (κ3) is 8.05. The van der Waals surface area contributed by atoms with E-state index in [0.717, 1.165) is 0 Å². The van der Waals surface area contributed by atoms with Gasteiger partial charge >= 0.3 is 17.8 Å². The van der Waals surface area contributed by atoms with E-state index in [2.05, 4.69) is 4.74 Å². The minimum atomic E-state index is -5.44. The first-order valence-corrected chi connectivity index (χ1v) is 8.06. The van der Waals surface area contributed by atoms with Crippen LogP contribution in [0.5, 0.6) is 0 Å². The first-order chi connectivity index (χ1) is 11.5. The Labute approximate surface area is 148 Å². The molecule has 0 bridgehead atoms. The highest BCUT2D eigenvalue weighted by Crippen LogP contribution is 2.47. The largest absolute Gasteiger partial charge is 0.772 e. The second kappa shape index (κ2) is 7.97. The molecule has 0 fully saturated rings. The lowest BCUT2D eigenvalue weighted by Gasteiger charge is -2.35. The third-order valence-corrected chi connectivity index (χ3v) is 3.80. The Morgan fingerprint density at radius 2 is 1.22 bits per heavy atom. The van der Waals surface area contributed by atoms with Gasteiger partial charge in [-0.3, -0.25) is 4.21 Å². The summed E-state index contributed by atoms with van der Waals surface area (Å²) in [4.78, 5) is 0. The van der Waals surface area contributed by atoms with Gasteiger partial charge in [-0.15, -0.1) is 0 Å². The fourth-order valence-electron chi connectivity index (χ4n) is 1.59. The van der Waals surface area contributed by atoms with E-state index in [-0.39, 0.29) is 6.92 Å². The molecule has 27 heavy (non-hydrogen) atoms. The van der Waals surface area contributed by atoms with E-state index in [4.69, 9.17) is 0 Å². The highest BCUT2D eigenvalue weighted by Gasteiger charge is 2.64. The van der Waals surface area contributed by atoms with Crippen molar-refractivity contribution in [3.05, 3.63) is 0 Å². The van der Waals surface area contributed by atoms with Gasteiger partial charge < -0.3 is 9.29 Å². The van der Waals surface area contributed by atoms with E-state index in [0.29, 0.717) is 0 Å². The molecular weight excluding hydrogens is 433 g/mol. The number of hydrogen-bond donors (Lipinski definition) is 0. The molecule has 2 unspecified atom stereocenters. The van der Waals surface area contributed by atoms with Gasteiger partial charge in [-0.1, -0.05) is 0 Å². The fraction of sp³-hybridized carbons (Fsp3) is 1.00. The molecule has 0 radical (unpaired) electrons. The zero-order valence-electron chi connectivity index (χ0n) is 13.6. The lowest BCUT2D eigenvalue weighted by Crippen LogP contribution is -2.52. The molecule has 3 nitrogen and oxygen atoms in total. The van der Waals surface area contributed by atoms with Gasteiger partial charge in [-0.05, 0) is 11.1 Å². The summed E-state index contributed by atoms with van der Waals surface area (Å²) in [5.74, 6) is -31.8. The second-order valence-corrected chi connectivity index (χ2v) is 6.91. The normalized spacial score (nSPS) is 18.3. The van der Waals surface area contributed by atoms with Crippen LogP contribution in [-0.4, -0.2) is 56.6 Å². The maximum atomic E-state index is 13.8. The predicted molar refractivity (Wildman–Crippen MR) is 68.9 cm³/mol. The van der Waals surface area contributed by atoms with Gasteiger partial charge in [0.05, 0.1) is 18.6 Å². The molecule has 2 atom stereocenters. The molecule has 0 heterocycles. The van der Waals surface area contributed by atoms with Crippen LogP contribution in [0.2, 0.25) is 0 Å². The topological polar surface area (TPSA) is 49.4 Å². The van der Waals surface area contributed by atoms with Crippen LogP contribution in [0.25, 0.3) is 0 Å². The average molecular weight is 447 g/mol. The third-order valence-electron chi connectivity index (χ3n) is 3.14. The minimum Gasteiger partial charge on any atom is -0.772 e. The number of ether oxygens (including phenoxy) is 1. The number of hydrogen-bond acceptors (Lipinski definition) is 3. The van der Waals surface area contributed by atoms with E-state index in [1.54, 1.807) is 0 Å². The molecule has 0 saturated heterocycles. The summed E-state index contributed by atoms with van der Waals surface area (Å²) in [7, 11) is 0. The van der Waals surface area contributed by atoms with Crippen LogP contribution in [0.1, 0.15) is 26.7 Å². The number of alkyl halides is 11. The average Bonchev–Trinajstić information content (AvgIpc) is 2.30. The van der Waals surface area contributed by atoms with Crippen molar-refractivity contribution in [2.45, 2.75) is 62.2 Å². The molecule has 0 aromatic carbocycles. The summed E-state index contributed by atoms with van der Waals surface area (Å²) in [6.07, 6.45) is -5.66. The van der Waals surface area contributed by atoms with Gasteiger partial charge in [0.25, 0.3) is 17.7 Å². The molecule has 0 rings (SSSR count). The zero-order chi connectivity index (χ0) is 22.1. The van der Waals surface area contributed by atoms with Crippen LogP contribution in [-0.2, 0) is 15.8 Å². The molecule has 0 aliphatic rings. The maximum Gasteiger partial charge on any atom is 0.315 e. The van der Waals surface area contributed by atoms with Crippen LogP contribution >= 0.6 is 0 Å². The van der Waals surface area contributed by atoms with E-state index in [9.17, 15) is 57.1 Å². The van der Waals surface area contributed by atoms with Crippen LogP contribution < -0.4 is 0 Å². The predicted octanol–water partition coefficient (Wildman–Crippen LogP) is 4.54. The lowest BCUT2D eigenvalue weighted by atomic mass is 10.00. The highest BCUT2D eigenvalue weighted by atomic mass is 32.2. The molecule has 15 heteroatoms. The number of halogens is 11. The van der Waals surface area contributed by atoms with Gasteiger partial charge in [0.2, 0.25) is 0 Å². The molecule has 0 aromatic heterocycles. The van der Waals surface area contributed by atoms with Crippen molar-refractivity contribution in [3.8, 4) is 0 Å². The molecule has 0 N–H and O–H groups in total. The summed E-state index contributed by atoms with van der Waals surface area (Å²) in [5.41, 5.74) is 0. The van der Waals surface area contributed by atoms with Crippen LogP contribution in [0.15, 0.2) is 0 Å². The standard InChI is InChI=1S/C12H15F11O3S/c1-7(13,14)11(20,21)4-12(22,23)8(2,15)26-5-9(16,17)3-10(18,19)6-27(24)25/h3-6H2,1-2H3,(H,24,25)/p-1. The molecule has 0 aromatic rings. The Hall–Kier alpha value is -0.700. The zero-order valence-corrected chi connectivity index (χ0v) is 14.4. The van der Waals surface area contributed by atoms with Crippen molar-refractivity contribution >= 4 is 11.1 Å². The smallest absolute Gasteiger partial charge is 0.315 e. The molecule has 164 valence electrons. The summed E-state index contributed by atoms with van der Waals surface area (Å²) in [6.45, 7) is -3.24. The van der Waals surface area contributed by atoms with Gasteiger partial charge in [-0.25, -0.2) is 39.5 Å². The minimum absolute atomic E-state index is 0.322. The molecule has 0 aliphatic carbocycles. The maximum absolute atomic E-state index is 13.8. The first kappa shape index (κ1) is 26.3. The van der Waals surface area contributed by atoms with E-state index >= 15 is 0 Å². The highest BCUT2D eigenvalue weighted by molar-refractivity contribution is 7.79. The Balaban J connectivity index is 5.16. The van der Waals surface area contributed by atoms with Gasteiger partial charge in [0, 0.05) is 13.8 Å². The molecule has 0 amide bonds. The quantitative estimate of drug-likeness (QED) is 0.345. The Morgan fingerprint density at radius 1 is 0.778 bits per heavy atom.